The van der Waals surface area contributed by atoms with Crippen molar-refractivity contribution < 1.29 is 0 Å². The zero-order chi connectivity index (χ0) is 13.4. The number of nitrogens with one attached hydrogen (secondary N) is 1. The maximum atomic E-state index is 4.40. The molecule has 5 nitrogen and oxygen atoms in total. The van der Waals surface area contributed by atoms with Crippen molar-refractivity contribution in [3.05, 3.63) is 40.2 Å². The van der Waals surface area contributed by atoms with Crippen LogP contribution in [0.2, 0.25) is 0 Å². The Morgan fingerprint density at radius 1 is 1.32 bits per heavy atom. The standard InChI is InChI=1S/C13H15N5S/c1-8-6-11-12(14-4-5-18(11)17-8)16-10(3)13-15-7-9(2)19-13/h4-7,10H,1-3H3,(H,14,16). The Bertz CT molecular complexity index is 715. The van der Waals surface area contributed by atoms with Crippen molar-refractivity contribution in [2.75, 3.05) is 5.32 Å². The van der Waals surface area contributed by atoms with Crippen molar-refractivity contribution in [1.82, 2.24) is 19.6 Å². The maximum absolute atomic E-state index is 4.40. The molecule has 3 rings (SSSR count). The second-order valence-corrected chi connectivity index (χ2v) is 5.83. The van der Waals surface area contributed by atoms with E-state index in [-0.39, 0.29) is 6.04 Å². The molecular formula is C13H15N5S. The molecule has 0 radical (unpaired) electrons. The molecule has 1 N–H and O–H groups in total. The maximum Gasteiger partial charge on any atom is 0.152 e. The Hall–Kier alpha value is -1.95. The van der Waals surface area contributed by atoms with E-state index in [1.807, 2.05) is 29.9 Å². The highest BCUT2D eigenvalue weighted by Crippen LogP contribution is 2.24. The fourth-order valence-electron chi connectivity index (χ4n) is 1.99. The van der Waals surface area contributed by atoms with Crippen LogP contribution in [0.3, 0.4) is 0 Å². The highest BCUT2D eigenvalue weighted by molar-refractivity contribution is 7.11. The van der Waals surface area contributed by atoms with Crippen molar-refractivity contribution in [3.63, 3.8) is 0 Å². The molecule has 0 aliphatic heterocycles. The van der Waals surface area contributed by atoms with Gasteiger partial charge in [0.1, 0.15) is 10.5 Å². The van der Waals surface area contributed by atoms with Crippen molar-refractivity contribution in [3.8, 4) is 0 Å². The van der Waals surface area contributed by atoms with Crippen LogP contribution < -0.4 is 5.32 Å². The van der Waals surface area contributed by atoms with Gasteiger partial charge in [0.25, 0.3) is 0 Å². The molecular weight excluding hydrogens is 258 g/mol. The number of hydrogen-bond donors (Lipinski definition) is 1. The smallest absolute Gasteiger partial charge is 0.152 e. The van der Waals surface area contributed by atoms with Crippen molar-refractivity contribution in [2.45, 2.75) is 26.8 Å². The summed E-state index contributed by atoms with van der Waals surface area (Å²) in [7, 11) is 0. The Labute approximate surface area is 115 Å². The number of hydrogen-bond acceptors (Lipinski definition) is 5. The molecule has 6 heteroatoms. The fourth-order valence-corrected chi connectivity index (χ4v) is 2.77. The summed E-state index contributed by atoms with van der Waals surface area (Å²) in [5.41, 5.74) is 1.97. The van der Waals surface area contributed by atoms with Gasteiger partial charge in [-0.2, -0.15) is 5.10 Å². The van der Waals surface area contributed by atoms with E-state index in [1.54, 1.807) is 17.5 Å². The first-order chi connectivity index (χ1) is 9.13. The zero-order valence-corrected chi connectivity index (χ0v) is 11.9. The lowest BCUT2D eigenvalue weighted by molar-refractivity contribution is 0.853. The van der Waals surface area contributed by atoms with Gasteiger partial charge in [-0.05, 0) is 26.8 Å². The van der Waals surface area contributed by atoms with Gasteiger partial charge in [0, 0.05) is 23.5 Å². The molecule has 0 aliphatic carbocycles. The first kappa shape index (κ1) is 12.1. The summed E-state index contributed by atoms with van der Waals surface area (Å²) in [5, 5.41) is 8.85. The van der Waals surface area contributed by atoms with Gasteiger partial charge in [0.05, 0.1) is 11.7 Å². The molecule has 0 saturated heterocycles. The molecule has 3 heterocycles. The number of fused-ring (bicyclic) bond motifs is 1. The van der Waals surface area contributed by atoms with Gasteiger partial charge >= 0.3 is 0 Å². The third kappa shape index (κ3) is 2.31. The van der Waals surface area contributed by atoms with Crippen LogP contribution in [0.4, 0.5) is 5.82 Å². The van der Waals surface area contributed by atoms with Crippen LogP contribution in [-0.4, -0.2) is 19.6 Å². The van der Waals surface area contributed by atoms with E-state index < -0.39 is 0 Å². The van der Waals surface area contributed by atoms with Crippen LogP contribution in [-0.2, 0) is 0 Å². The monoisotopic (exact) mass is 273 g/mol. The number of thiazole rings is 1. The SMILES string of the molecule is Cc1cc2c(NC(C)c3ncc(C)s3)nccn2n1. The number of aryl methyl sites for hydroxylation is 2. The van der Waals surface area contributed by atoms with E-state index in [0.717, 1.165) is 22.0 Å². The summed E-state index contributed by atoms with van der Waals surface area (Å²) in [6.45, 7) is 6.13. The molecule has 0 fully saturated rings. The topological polar surface area (TPSA) is 55.1 Å². The summed E-state index contributed by atoms with van der Waals surface area (Å²) >= 11 is 1.70. The molecule has 0 spiro atoms. The third-order valence-corrected chi connectivity index (χ3v) is 3.97. The lowest BCUT2D eigenvalue weighted by Crippen LogP contribution is -2.08. The average molecular weight is 273 g/mol. The van der Waals surface area contributed by atoms with Crippen LogP contribution >= 0.6 is 11.3 Å². The first-order valence-corrected chi connectivity index (χ1v) is 6.95. The molecule has 19 heavy (non-hydrogen) atoms. The minimum atomic E-state index is 0.132. The van der Waals surface area contributed by atoms with Crippen LogP contribution in [0.5, 0.6) is 0 Å². The molecule has 3 aromatic heterocycles. The lowest BCUT2D eigenvalue weighted by Gasteiger charge is -2.12. The molecule has 98 valence electrons. The van der Waals surface area contributed by atoms with Crippen LogP contribution in [0.15, 0.2) is 24.7 Å². The Kier molecular flexibility index (Phi) is 2.94. The Balaban J connectivity index is 1.92. The first-order valence-electron chi connectivity index (χ1n) is 6.13. The van der Waals surface area contributed by atoms with Crippen molar-refractivity contribution in [2.24, 2.45) is 0 Å². The van der Waals surface area contributed by atoms with Gasteiger partial charge in [0.2, 0.25) is 0 Å². The van der Waals surface area contributed by atoms with Crippen molar-refractivity contribution >= 4 is 22.7 Å². The number of anilines is 1. The minimum absolute atomic E-state index is 0.132. The molecule has 0 aliphatic rings. The molecule has 0 bridgehead atoms. The molecule has 0 aromatic carbocycles. The van der Waals surface area contributed by atoms with Gasteiger partial charge < -0.3 is 5.32 Å². The molecule has 1 unspecified atom stereocenters. The number of rotatable bonds is 3. The van der Waals surface area contributed by atoms with Crippen LogP contribution in [0, 0.1) is 13.8 Å². The van der Waals surface area contributed by atoms with E-state index in [2.05, 4.69) is 34.2 Å². The summed E-state index contributed by atoms with van der Waals surface area (Å²) < 4.78 is 1.84. The highest BCUT2D eigenvalue weighted by atomic mass is 32.1. The van der Waals surface area contributed by atoms with E-state index in [9.17, 15) is 0 Å². The summed E-state index contributed by atoms with van der Waals surface area (Å²) in [4.78, 5) is 10.0. The van der Waals surface area contributed by atoms with Gasteiger partial charge in [0.15, 0.2) is 5.82 Å². The predicted molar refractivity (Wildman–Crippen MR) is 76.6 cm³/mol. The van der Waals surface area contributed by atoms with Gasteiger partial charge in [-0.3, -0.25) is 0 Å². The molecule has 3 aromatic rings. The summed E-state index contributed by atoms with van der Waals surface area (Å²) in [6, 6.07) is 2.16. The minimum Gasteiger partial charge on any atom is -0.359 e. The number of nitrogens with zero attached hydrogens (tertiary/aromatic N) is 4. The van der Waals surface area contributed by atoms with Gasteiger partial charge in [-0.25, -0.2) is 14.5 Å². The summed E-state index contributed by atoms with van der Waals surface area (Å²) in [6.07, 6.45) is 5.50. The second-order valence-electron chi connectivity index (χ2n) is 4.57. The Morgan fingerprint density at radius 2 is 2.16 bits per heavy atom. The van der Waals surface area contributed by atoms with Crippen LogP contribution in [0.1, 0.15) is 28.5 Å². The predicted octanol–water partition coefficient (Wildman–Crippen LogP) is 2.98. The largest absolute Gasteiger partial charge is 0.359 e. The highest BCUT2D eigenvalue weighted by Gasteiger charge is 2.12. The van der Waals surface area contributed by atoms with E-state index >= 15 is 0 Å². The third-order valence-electron chi connectivity index (χ3n) is 2.87. The van der Waals surface area contributed by atoms with E-state index in [0.29, 0.717) is 0 Å². The fraction of sp³-hybridized carbons (Fsp3) is 0.308. The summed E-state index contributed by atoms with van der Waals surface area (Å²) in [5.74, 6) is 0.837. The molecule has 0 amide bonds. The molecule has 0 saturated carbocycles. The Morgan fingerprint density at radius 3 is 2.89 bits per heavy atom. The van der Waals surface area contributed by atoms with Gasteiger partial charge in [-0.15, -0.1) is 11.3 Å². The normalized spacial score (nSPS) is 12.8. The quantitative estimate of drug-likeness (QED) is 0.797. The van der Waals surface area contributed by atoms with E-state index in [4.69, 9.17) is 0 Å². The number of aromatic nitrogens is 4. The zero-order valence-electron chi connectivity index (χ0n) is 11.1. The second kappa shape index (κ2) is 4.62. The van der Waals surface area contributed by atoms with Crippen LogP contribution in [0.25, 0.3) is 5.52 Å². The van der Waals surface area contributed by atoms with E-state index in [1.165, 1.54) is 4.88 Å². The average Bonchev–Trinajstić information content (AvgIpc) is 2.95. The van der Waals surface area contributed by atoms with Gasteiger partial charge in [-0.1, -0.05) is 0 Å². The lowest BCUT2D eigenvalue weighted by atomic mass is 10.3. The van der Waals surface area contributed by atoms with Crippen molar-refractivity contribution in [1.29, 1.82) is 0 Å². The molecule has 1 atom stereocenters.